The topological polar surface area (TPSA) is 57.5 Å². The summed E-state index contributed by atoms with van der Waals surface area (Å²) in [5, 5.41) is 11.1. The summed E-state index contributed by atoms with van der Waals surface area (Å²) in [5.74, 6) is 0.630. The van der Waals surface area contributed by atoms with Gasteiger partial charge < -0.3 is 10.6 Å². The van der Waals surface area contributed by atoms with Crippen molar-refractivity contribution in [3.63, 3.8) is 0 Å². The molecule has 2 aromatic rings. The van der Waals surface area contributed by atoms with Crippen LogP contribution >= 0.6 is 0 Å². The maximum Gasteiger partial charge on any atom is 0.401 e. The largest absolute Gasteiger partial charge is 0.401 e. The Kier molecular flexibility index (Phi) is 7.36. The van der Waals surface area contributed by atoms with Gasteiger partial charge in [-0.25, -0.2) is 4.68 Å². The van der Waals surface area contributed by atoms with Crippen LogP contribution in [-0.2, 0) is 6.42 Å². The average molecular weight is 422 g/mol. The van der Waals surface area contributed by atoms with Gasteiger partial charge in [-0.05, 0) is 43.9 Å². The summed E-state index contributed by atoms with van der Waals surface area (Å²) in [6.45, 7) is 2.69. The highest BCUT2D eigenvalue weighted by Gasteiger charge is 2.34. The first kappa shape index (κ1) is 22.1. The molecule has 6 nitrogen and oxygen atoms in total. The van der Waals surface area contributed by atoms with Crippen molar-refractivity contribution in [3.8, 4) is 5.69 Å². The number of rotatable bonds is 7. The van der Waals surface area contributed by atoms with Gasteiger partial charge in [-0.2, -0.15) is 18.3 Å². The normalized spacial score (nSPS) is 18.0. The monoisotopic (exact) mass is 422 g/mol. The second-order valence-electron chi connectivity index (χ2n) is 7.60. The van der Waals surface area contributed by atoms with E-state index < -0.39 is 12.7 Å². The fraction of sp³-hybridized carbons (Fsp3) is 0.524. The van der Waals surface area contributed by atoms with Gasteiger partial charge in [-0.15, -0.1) is 0 Å². The Hall–Kier alpha value is -2.55. The Morgan fingerprint density at radius 3 is 2.73 bits per heavy atom. The first-order valence-electron chi connectivity index (χ1n) is 10.2. The molecular weight excluding hydrogens is 393 g/mol. The van der Waals surface area contributed by atoms with Gasteiger partial charge in [0.1, 0.15) is 0 Å². The molecule has 1 atom stereocenters. The second kappa shape index (κ2) is 9.97. The first-order chi connectivity index (χ1) is 14.3. The van der Waals surface area contributed by atoms with E-state index in [0.29, 0.717) is 32.0 Å². The van der Waals surface area contributed by atoms with E-state index in [0.717, 1.165) is 24.2 Å². The Balaban J connectivity index is 1.41. The standard InChI is InChI=1S/C21H29F3N6/c1-16-17(13-30(28-16)19-8-4-3-5-9-19)7-6-11-26-20(25-2)27-18-10-12-29(14-18)15-21(22,23)24/h3-5,8-9,13,18H,6-7,10-12,14-15H2,1-2H3,(H2,25,26,27). The van der Waals surface area contributed by atoms with Crippen LogP contribution in [0.1, 0.15) is 24.1 Å². The minimum absolute atomic E-state index is 0.0232. The number of hydrogen-bond acceptors (Lipinski definition) is 3. The number of nitrogens with zero attached hydrogens (tertiary/aromatic N) is 4. The molecule has 1 aliphatic rings. The number of hydrogen-bond donors (Lipinski definition) is 2. The lowest BCUT2D eigenvalue weighted by atomic mass is 10.1. The maximum atomic E-state index is 12.5. The van der Waals surface area contributed by atoms with Crippen molar-refractivity contribution in [2.24, 2.45) is 4.99 Å². The molecule has 1 saturated heterocycles. The summed E-state index contributed by atoms with van der Waals surface area (Å²) in [7, 11) is 1.67. The Labute approximate surface area is 175 Å². The van der Waals surface area contributed by atoms with E-state index >= 15 is 0 Å². The Bertz CT molecular complexity index is 831. The summed E-state index contributed by atoms with van der Waals surface area (Å²) in [5.41, 5.74) is 3.24. The number of aliphatic imine (C=N–C) groups is 1. The number of benzene rings is 1. The first-order valence-corrected chi connectivity index (χ1v) is 10.2. The highest BCUT2D eigenvalue weighted by Crippen LogP contribution is 2.20. The molecule has 0 bridgehead atoms. The minimum Gasteiger partial charge on any atom is -0.356 e. The van der Waals surface area contributed by atoms with E-state index in [4.69, 9.17) is 0 Å². The van der Waals surface area contributed by atoms with E-state index in [-0.39, 0.29) is 6.04 Å². The van der Waals surface area contributed by atoms with Gasteiger partial charge in [0.15, 0.2) is 5.96 Å². The highest BCUT2D eigenvalue weighted by atomic mass is 19.4. The van der Waals surface area contributed by atoms with Crippen molar-refractivity contribution in [1.29, 1.82) is 0 Å². The summed E-state index contributed by atoms with van der Waals surface area (Å²) < 4.78 is 39.5. The number of para-hydroxylation sites is 1. The average Bonchev–Trinajstić information content (AvgIpc) is 3.29. The molecule has 0 aliphatic carbocycles. The minimum atomic E-state index is -4.15. The molecule has 0 spiro atoms. The van der Waals surface area contributed by atoms with Gasteiger partial charge in [0.2, 0.25) is 0 Å². The Morgan fingerprint density at radius 2 is 2.03 bits per heavy atom. The fourth-order valence-electron chi connectivity index (χ4n) is 3.68. The number of aryl methyl sites for hydroxylation is 2. The lowest BCUT2D eigenvalue weighted by molar-refractivity contribution is -0.143. The number of nitrogens with one attached hydrogen (secondary N) is 2. The fourth-order valence-corrected chi connectivity index (χ4v) is 3.68. The van der Waals surface area contributed by atoms with E-state index in [1.165, 1.54) is 10.5 Å². The lowest BCUT2D eigenvalue weighted by Gasteiger charge is -2.19. The van der Waals surface area contributed by atoms with E-state index in [1.807, 2.05) is 41.9 Å². The van der Waals surface area contributed by atoms with E-state index in [1.54, 1.807) is 7.05 Å². The molecule has 1 fully saturated rings. The summed E-state index contributed by atoms with van der Waals surface area (Å²) in [6, 6.07) is 9.97. The van der Waals surface area contributed by atoms with Crippen molar-refractivity contribution in [1.82, 2.24) is 25.3 Å². The van der Waals surface area contributed by atoms with Crippen LogP contribution in [0.5, 0.6) is 0 Å². The van der Waals surface area contributed by atoms with Crippen molar-refractivity contribution < 1.29 is 13.2 Å². The van der Waals surface area contributed by atoms with Crippen molar-refractivity contribution in [2.75, 3.05) is 33.2 Å². The quantitative estimate of drug-likeness (QED) is 0.409. The molecule has 164 valence electrons. The van der Waals surface area contributed by atoms with Crippen LogP contribution in [-0.4, -0.2) is 66.1 Å². The number of halogens is 3. The van der Waals surface area contributed by atoms with Crippen LogP contribution in [0.2, 0.25) is 0 Å². The van der Waals surface area contributed by atoms with Crippen molar-refractivity contribution >= 4 is 5.96 Å². The summed E-state index contributed by atoms with van der Waals surface area (Å²) >= 11 is 0. The number of likely N-dealkylation sites (tertiary alicyclic amines) is 1. The molecular formula is C21H29F3N6. The molecule has 0 radical (unpaired) electrons. The molecule has 9 heteroatoms. The lowest BCUT2D eigenvalue weighted by Crippen LogP contribution is -2.45. The smallest absolute Gasteiger partial charge is 0.356 e. The third-order valence-electron chi connectivity index (χ3n) is 5.18. The maximum absolute atomic E-state index is 12.5. The van der Waals surface area contributed by atoms with Crippen LogP contribution in [0.4, 0.5) is 13.2 Å². The van der Waals surface area contributed by atoms with Gasteiger partial charge in [-0.3, -0.25) is 9.89 Å². The van der Waals surface area contributed by atoms with Crippen LogP contribution in [0.3, 0.4) is 0 Å². The van der Waals surface area contributed by atoms with Crippen LogP contribution in [0, 0.1) is 6.92 Å². The molecule has 1 unspecified atom stereocenters. The zero-order valence-corrected chi connectivity index (χ0v) is 17.4. The molecule has 0 amide bonds. The summed E-state index contributed by atoms with van der Waals surface area (Å²) in [4.78, 5) is 5.62. The molecule has 2 heterocycles. The zero-order valence-electron chi connectivity index (χ0n) is 17.4. The number of alkyl halides is 3. The van der Waals surface area contributed by atoms with E-state index in [9.17, 15) is 13.2 Å². The zero-order chi connectivity index (χ0) is 21.6. The molecule has 1 aromatic heterocycles. The van der Waals surface area contributed by atoms with Crippen molar-refractivity contribution in [3.05, 3.63) is 47.8 Å². The molecule has 30 heavy (non-hydrogen) atoms. The predicted octanol–water partition coefficient (Wildman–Crippen LogP) is 2.91. The number of aromatic nitrogens is 2. The third kappa shape index (κ3) is 6.48. The van der Waals surface area contributed by atoms with Gasteiger partial charge >= 0.3 is 6.18 Å². The molecule has 1 aromatic carbocycles. The molecule has 2 N–H and O–H groups in total. The van der Waals surface area contributed by atoms with Gasteiger partial charge in [-0.1, -0.05) is 18.2 Å². The van der Waals surface area contributed by atoms with Crippen molar-refractivity contribution in [2.45, 2.75) is 38.4 Å². The Morgan fingerprint density at radius 1 is 1.27 bits per heavy atom. The van der Waals surface area contributed by atoms with Crippen LogP contribution < -0.4 is 10.6 Å². The van der Waals surface area contributed by atoms with Crippen LogP contribution in [0.15, 0.2) is 41.5 Å². The third-order valence-corrected chi connectivity index (χ3v) is 5.18. The molecule has 0 saturated carbocycles. The molecule has 1 aliphatic heterocycles. The molecule has 3 rings (SSSR count). The van der Waals surface area contributed by atoms with Gasteiger partial charge in [0, 0.05) is 38.9 Å². The predicted molar refractivity (Wildman–Crippen MR) is 112 cm³/mol. The van der Waals surface area contributed by atoms with Gasteiger partial charge in [0.25, 0.3) is 0 Å². The van der Waals surface area contributed by atoms with Crippen LogP contribution in [0.25, 0.3) is 5.69 Å². The SMILES string of the molecule is CN=C(NCCCc1cn(-c2ccccc2)nc1C)NC1CCN(CC(F)(F)F)C1. The van der Waals surface area contributed by atoms with E-state index in [2.05, 4.69) is 26.9 Å². The van der Waals surface area contributed by atoms with Gasteiger partial charge in [0.05, 0.1) is 17.9 Å². The second-order valence-corrected chi connectivity index (χ2v) is 7.60. The highest BCUT2D eigenvalue weighted by molar-refractivity contribution is 5.80. The summed E-state index contributed by atoms with van der Waals surface area (Å²) in [6.07, 6.45) is 0.361. The number of guanidine groups is 1.